The van der Waals surface area contributed by atoms with Gasteiger partial charge in [-0.05, 0) is 18.1 Å². The molecular weight excluding hydrogens is 216 g/mol. The van der Waals surface area contributed by atoms with Crippen LogP contribution in [-0.4, -0.2) is 12.3 Å². The molecular formula is C14H14O3. The third kappa shape index (κ3) is 3.04. The van der Waals surface area contributed by atoms with E-state index in [9.17, 15) is 4.79 Å². The summed E-state index contributed by atoms with van der Waals surface area (Å²) in [6, 6.07) is 9.76. The minimum absolute atomic E-state index is 0.317. The summed E-state index contributed by atoms with van der Waals surface area (Å²) in [5.74, 6) is -0.317. The first-order chi connectivity index (χ1) is 8.29. The summed E-state index contributed by atoms with van der Waals surface area (Å²) in [6.45, 7) is 4.02. The van der Waals surface area contributed by atoms with Gasteiger partial charge >= 0.3 is 5.97 Å². The highest BCUT2D eigenvalue weighted by atomic mass is 16.7. The lowest BCUT2D eigenvalue weighted by molar-refractivity contribution is -0.160. The maximum atomic E-state index is 11.4. The van der Waals surface area contributed by atoms with E-state index in [2.05, 4.69) is 6.58 Å². The number of esters is 1. The zero-order valence-electron chi connectivity index (χ0n) is 9.46. The molecule has 1 heterocycles. The van der Waals surface area contributed by atoms with E-state index in [-0.39, 0.29) is 5.97 Å². The second-order valence-corrected chi connectivity index (χ2v) is 3.76. The molecule has 1 aliphatic heterocycles. The summed E-state index contributed by atoms with van der Waals surface area (Å²) in [5, 5.41) is 0. The van der Waals surface area contributed by atoms with Crippen LogP contribution in [0.25, 0.3) is 0 Å². The highest BCUT2D eigenvalue weighted by molar-refractivity contribution is 5.90. The van der Waals surface area contributed by atoms with Crippen molar-refractivity contribution < 1.29 is 14.3 Å². The van der Waals surface area contributed by atoms with Gasteiger partial charge in [0.2, 0.25) is 6.29 Å². The number of carbonyl (C=O) groups excluding carboxylic acids is 1. The average molecular weight is 230 g/mol. The molecule has 0 saturated heterocycles. The van der Waals surface area contributed by atoms with E-state index in [1.165, 1.54) is 0 Å². The largest absolute Gasteiger partial charge is 0.429 e. The Labute approximate surface area is 100 Å². The smallest absolute Gasteiger partial charge is 0.336 e. The van der Waals surface area contributed by atoms with Crippen LogP contribution in [0.3, 0.4) is 0 Å². The first-order valence-corrected chi connectivity index (χ1v) is 5.47. The Hall–Kier alpha value is -1.87. The highest BCUT2D eigenvalue weighted by Crippen LogP contribution is 2.18. The fourth-order valence-corrected chi connectivity index (χ4v) is 1.59. The molecule has 3 nitrogen and oxygen atoms in total. The van der Waals surface area contributed by atoms with Gasteiger partial charge in [-0.3, -0.25) is 0 Å². The van der Waals surface area contributed by atoms with Crippen LogP contribution in [0.1, 0.15) is 12.0 Å². The van der Waals surface area contributed by atoms with E-state index < -0.39 is 6.29 Å². The molecule has 1 unspecified atom stereocenters. The molecule has 0 bridgehead atoms. The molecule has 1 atom stereocenters. The van der Waals surface area contributed by atoms with Crippen LogP contribution < -0.4 is 0 Å². The zero-order chi connectivity index (χ0) is 12.1. The maximum absolute atomic E-state index is 11.4. The third-order valence-corrected chi connectivity index (χ3v) is 2.44. The Morgan fingerprint density at radius 1 is 1.35 bits per heavy atom. The molecule has 0 aliphatic carbocycles. The first kappa shape index (κ1) is 11.6. The number of benzene rings is 1. The number of ether oxygens (including phenoxy) is 2. The van der Waals surface area contributed by atoms with E-state index in [0.717, 1.165) is 5.56 Å². The van der Waals surface area contributed by atoms with Gasteiger partial charge in [-0.15, -0.1) is 6.58 Å². The molecule has 3 heteroatoms. The molecule has 1 aliphatic rings. The SMILES string of the molecule is C=CCC1=CC(OCc2ccccc2)OC1=O. The highest BCUT2D eigenvalue weighted by Gasteiger charge is 2.24. The van der Waals surface area contributed by atoms with E-state index in [1.54, 1.807) is 12.2 Å². The van der Waals surface area contributed by atoms with E-state index in [1.807, 2.05) is 30.3 Å². The summed E-state index contributed by atoms with van der Waals surface area (Å²) in [4.78, 5) is 11.4. The summed E-state index contributed by atoms with van der Waals surface area (Å²) in [6.07, 6.45) is 3.32. The van der Waals surface area contributed by atoms with Gasteiger partial charge in [0.15, 0.2) is 0 Å². The maximum Gasteiger partial charge on any atom is 0.336 e. The van der Waals surface area contributed by atoms with Gasteiger partial charge in [0.05, 0.1) is 6.61 Å². The van der Waals surface area contributed by atoms with Gasteiger partial charge in [0.25, 0.3) is 0 Å². The molecule has 0 amide bonds. The summed E-state index contributed by atoms with van der Waals surface area (Å²) in [5.41, 5.74) is 1.66. The second kappa shape index (κ2) is 5.46. The normalized spacial score (nSPS) is 18.7. The topological polar surface area (TPSA) is 35.5 Å². The van der Waals surface area contributed by atoms with Crippen molar-refractivity contribution in [1.29, 1.82) is 0 Å². The standard InChI is InChI=1S/C14H14O3/c1-2-6-12-9-13(17-14(12)15)16-10-11-7-4-3-5-8-11/h2-5,7-9,13H,1,6,10H2. The molecule has 2 rings (SSSR count). The summed E-state index contributed by atoms with van der Waals surface area (Å²) >= 11 is 0. The summed E-state index contributed by atoms with van der Waals surface area (Å²) < 4.78 is 10.5. The van der Waals surface area contributed by atoms with Crippen molar-refractivity contribution in [3.8, 4) is 0 Å². The van der Waals surface area contributed by atoms with Gasteiger partial charge in [-0.25, -0.2) is 4.79 Å². The molecule has 0 spiro atoms. The van der Waals surface area contributed by atoms with Crippen LogP contribution in [0.5, 0.6) is 0 Å². The van der Waals surface area contributed by atoms with Crippen molar-refractivity contribution in [3.05, 3.63) is 60.2 Å². The number of allylic oxidation sites excluding steroid dienone is 1. The van der Waals surface area contributed by atoms with Gasteiger partial charge in [0.1, 0.15) is 0 Å². The van der Waals surface area contributed by atoms with Gasteiger partial charge in [-0.1, -0.05) is 36.4 Å². The lowest BCUT2D eigenvalue weighted by Gasteiger charge is -2.09. The molecule has 0 saturated carbocycles. The Kier molecular flexibility index (Phi) is 3.73. The van der Waals surface area contributed by atoms with Crippen LogP contribution in [-0.2, 0) is 20.9 Å². The average Bonchev–Trinajstić information content (AvgIpc) is 2.70. The zero-order valence-corrected chi connectivity index (χ0v) is 9.46. The number of carbonyl (C=O) groups is 1. The fourth-order valence-electron chi connectivity index (χ4n) is 1.59. The molecule has 88 valence electrons. The lowest BCUT2D eigenvalue weighted by Crippen LogP contribution is -2.12. The molecule has 1 aromatic carbocycles. The predicted octanol–water partition coefficient (Wildman–Crippen LogP) is 2.59. The fraction of sp³-hybridized carbons (Fsp3) is 0.214. The Morgan fingerprint density at radius 2 is 2.12 bits per heavy atom. The van der Waals surface area contributed by atoms with Crippen molar-refractivity contribution in [3.63, 3.8) is 0 Å². The first-order valence-electron chi connectivity index (χ1n) is 5.47. The molecule has 17 heavy (non-hydrogen) atoms. The summed E-state index contributed by atoms with van der Waals surface area (Å²) in [7, 11) is 0. The van der Waals surface area contributed by atoms with Crippen molar-refractivity contribution in [1.82, 2.24) is 0 Å². The van der Waals surface area contributed by atoms with Crippen LogP contribution in [0, 0.1) is 0 Å². The van der Waals surface area contributed by atoms with Crippen molar-refractivity contribution in [2.75, 3.05) is 0 Å². The monoisotopic (exact) mass is 230 g/mol. The molecule has 0 N–H and O–H groups in total. The van der Waals surface area contributed by atoms with E-state index in [4.69, 9.17) is 9.47 Å². The van der Waals surface area contributed by atoms with Crippen molar-refractivity contribution >= 4 is 5.97 Å². The number of hydrogen-bond donors (Lipinski definition) is 0. The van der Waals surface area contributed by atoms with Crippen LogP contribution >= 0.6 is 0 Å². The van der Waals surface area contributed by atoms with Gasteiger partial charge in [0, 0.05) is 5.57 Å². The number of hydrogen-bond acceptors (Lipinski definition) is 3. The van der Waals surface area contributed by atoms with Gasteiger partial charge in [-0.2, -0.15) is 0 Å². The Balaban J connectivity index is 1.89. The van der Waals surface area contributed by atoms with Crippen LogP contribution in [0.2, 0.25) is 0 Å². The van der Waals surface area contributed by atoms with E-state index in [0.29, 0.717) is 18.6 Å². The van der Waals surface area contributed by atoms with Crippen LogP contribution in [0.4, 0.5) is 0 Å². The molecule has 0 fully saturated rings. The Bertz CT molecular complexity index is 434. The second-order valence-electron chi connectivity index (χ2n) is 3.76. The predicted molar refractivity (Wildman–Crippen MR) is 64.0 cm³/mol. The molecule has 0 radical (unpaired) electrons. The third-order valence-electron chi connectivity index (χ3n) is 2.44. The number of rotatable bonds is 5. The van der Waals surface area contributed by atoms with Crippen molar-refractivity contribution in [2.24, 2.45) is 0 Å². The minimum atomic E-state index is -0.572. The minimum Gasteiger partial charge on any atom is -0.429 e. The van der Waals surface area contributed by atoms with Gasteiger partial charge < -0.3 is 9.47 Å². The van der Waals surface area contributed by atoms with E-state index >= 15 is 0 Å². The molecule has 0 aromatic heterocycles. The van der Waals surface area contributed by atoms with Crippen molar-refractivity contribution in [2.45, 2.75) is 19.3 Å². The quantitative estimate of drug-likeness (QED) is 0.576. The Morgan fingerprint density at radius 3 is 2.82 bits per heavy atom. The van der Waals surface area contributed by atoms with Crippen LogP contribution in [0.15, 0.2) is 54.6 Å². The number of cyclic esters (lactones) is 1. The molecule has 1 aromatic rings. The lowest BCUT2D eigenvalue weighted by atomic mass is 10.2.